The minimum absolute atomic E-state index is 0.249. The van der Waals surface area contributed by atoms with Crippen molar-refractivity contribution in [3.05, 3.63) is 87.9 Å². The van der Waals surface area contributed by atoms with E-state index in [9.17, 15) is 22.8 Å². The molecule has 0 aliphatic heterocycles. The molecular weight excluding hydrogens is 480 g/mol. The lowest BCUT2D eigenvalue weighted by molar-refractivity contribution is -0.137. The fourth-order valence-corrected chi connectivity index (χ4v) is 3.14. The number of carbonyl (C=O) groups excluding carboxylic acids is 2. The highest BCUT2D eigenvalue weighted by molar-refractivity contribution is 6.35. The predicted octanol–water partition coefficient (Wildman–Crippen LogP) is 6.67. The molecule has 0 bridgehead atoms. The molecule has 0 radical (unpaired) electrons. The van der Waals surface area contributed by atoms with Crippen molar-refractivity contribution in [2.24, 2.45) is 0 Å². The zero-order chi connectivity index (χ0) is 24.2. The summed E-state index contributed by atoms with van der Waals surface area (Å²) in [6.07, 6.45) is -5.71. The zero-order valence-electron chi connectivity index (χ0n) is 17.0. The van der Waals surface area contributed by atoms with E-state index in [0.29, 0.717) is 15.7 Å². The highest BCUT2D eigenvalue weighted by Gasteiger charge is 2.34. The number of para-hydroxylation sites is 1. The van der Waals surface area contributed by atoms with E-state index in [1.807, 2.05) is 0 Å². The smallest absolute Gasteiger partial charge is 0.418 e. The van der Waals surface area contributed by atoms with Crippen molar-refractivity contribution in [2.45, 2.75) is 19.2 Å². The van der Waals surface area contributed by atoms with Gasteiger partial charge in [-0.15, -0.1) is 0 Å². The lowest BCUT2D eigenvalue weighted by Gasteiger charge is -2.17. The number of ether oxygens (including phenoxy) is 1. The summed E-state index contributed by atoms with van der Waals surface area (Å²) in [5.74, 6) is -0.955. The molecule has 1 atom stereocenters. The normalized spacial score (nSPS) is 12.1. The maximum atomic E-state index is 13.1. The maximum Gasteiger partial charge on any atom is 0.418 e. The molecule has 1 unspecified atom stereocenters. The number of alkyl halides is 3. The highest BCUT2D eigenvalue weighted by Crippen LogP contribution is 2.34. The van der Waals surface area contributed by atoms with Gasteiger partial charge in [-0.1, -0.05) is 35.3 Å². The maximum absolute atomic E-state index is 13.1. The average Bonchev–Trinajstić information content (AvgIpc) is 2.76. The van der Waals surface area contributed by atoms with Crippen LogP contribution in [0, 0.1) is 0 Å². The van der Waals surface area contributed by atoms with Crippen LogP contribution in [0.3, 0.4) is 0 Å². The largest absolute Gasteiger partial charge is 0.481 e. The highest BCUT2D eigenvalue weighted by atomic mass is 35.5. The van der Waals surface area contributed by atoms with Crippen LogP contribution < -0.4 is 15.4 Å². The summed E-state index contributed by atoms with van der Waals surface area (Å²) >= 11 is 11.9. The van der Waals surface area contributed by atoms with E-state index < -0.39 is 29.7 Å². The van der Waals surface area contributed by atoms with Gasteiger partial charge in [0.15, 0.2) is 6.10 Å². The summed E-state index contributed by atoms with van der Waals surface area (Å²) in [6, 6.07) is 15.2. The standard InChI is InChI=1S/C23H17Cl2F3N2O3/c1-13(21(31)29-19-5-3-2-4-17(19)23(26,27)28)33-16-9-6-14(7-10-16)22(32)30-20-12-15(24)8-11-18(20)25/h2-13H,1H3,(H,29,31)(H,30,32). The SMILES string of the molecule is CC(Oc1ccc(C(=O)Nc2cc(Cl)ccc2Cl)cc1)C(=O)Nc1ccccc1C(F)(F)F. The Bertz CT molecular complexity index is 1170. The quantitative estimate of drug-likeness (QED) is 0.400. The molecule has 0 aromatic heterocycles. The summed E-state index contributed by atoms with van der Waals surface area (Å²) in [4.78, 5) is 24.8. The molecule has 3 aromatic carbocycles. The van der Waals surface area contributed by atoms with Crippen LogP contribution in [-0.2, 0) is 11.0 Å². The molecule has 0 saturated carbocycles. The Hall–Kier alpha value is -3.23. The number of rotatable bonds is 6. The second-order valence-electron chi connectivity index (χ2n) is 6.90. The molecule has 2 N–H and O–H groups in total. The predicted molar refractivity (Wildman–Crippen MR) is 121 cm³/mol. The van der Waals surface area contributed by atoms with E-state index in [2.05, 4.69) is 10.6 Å². The van der Waals surface area contributed by atoms with E-state index in [4.69, 9.17) is 27.9 Å². The number of carbonyl (C=O) groups is 2. The van der Waals surface area contributed by atoms with Crippen LogP contribution in [0.1, 0.15) is 22.8 Å². The number of anilines is 2. The van der Waals surface area contributed by atoms with E-state index in [-0.39, 0.29) is 17.0 Å². The molecule has 0 aliphatic carbocycles. The number of hydrogen-bond donors (Lipinski definition) is 2. The van der Waals surface area contributed by atoms with Crippen molar-refractivity contribution in [3.8, 4) is 5.75 Å². The van der Waals surface area contributed by atoms with Gasteiger partial charge in [0, 0.05) is 10.6 Å². The van der Waals surface area contributed by atoms with Crippen molar-refractivity contribution >= 4 is 46.4 Å². The molecule has 0 heterocycles. The van der Waals surface area contributed by atoms with E-state index >= 15 is 0 Å². The molecule has 33 heavy (non-hydrogen) atoms. The van der Waals surface area contributed by atoms with Crippen LogP contribution in [0.25, 0.3) is 0 Å². The van der Waals surface area contributed by atoms with Gasteiger partial charge in [-0.05, 0) is 61.5 Å². The first-order chi connectivity index (χ1) is 15.5. The van der Waals surface area contributed by atoms with Gasteiger partial charge in [0.1, 0.15) is 5.75 Å². The first kappa shape index (κ1) is 24.4. The van der Waals surface area contributed by atoms with Gasteiger partial charge < -0.3 is 15.4 Å². The average molecular weight is 497 g/mol. The third-order valence-electron chi connectivity index (χ3n) is 4.47. The van der Waals surface area contributed by atoms with Crippen LogP contribution in [0.15, 0.2) is 66.7 Å². The first-order valence-electron chi connectivity index (χ1n) is 9.55. The zero-order valence-corrected chi connectivity index (χ0v) is 18.6. The first-order valence-corrected chi connectivity index (χ1v) is 10.3. The monoisotopic (exact) mass is 496 g/mol. The lowest BCUT2D eigenvalue weighted by Crippen LogP contribution is -2.31. The van der Waals surface area contributed by atoms with Crippen LogP contribution in [0.4, 0.5) is 24.5 Å². The Balaban J connectivity index is 1.63. The van der Waals surface area contributed by atoms with Crippen molar-refractivity contribution in [2.75, 3.05) is 10.6 Å². The Kier molecular flexibility index (Phi) is 7.50. The summed E-state index contributed by atoms with van der Waals surface area (Å²) in [5, 5.41) is 5.60. The summed E-state index contributed by atoms with van der Waals surface area (Å²) in [6.45, 7) is 1.40. The molecule has 5 nitrogen and oxygen atoms in total. The minimum Gasteiger partial charge on any atom is -0.481 e. The molecule has 10 heteroatoms. The molecular formula is C23H17Cl2F3N2O3. The molecule has 3 rings (SSSR count). The third kappa shape index (κ3) is 6.40. The number of benzene rings is 3. The Morgan fingerprint density at radius 3 is 2.24 bits per heavy atom. The minimum atomic E-state index is -4.61. The molecule has 0 spiro atoms. The number of halogens is 5. The number of nitrogens with one attached hydrogen (secondary N) is 2. The van der Waals surface area contributed by atoms with E-state index in [1.54, 1.807) is 12.1 Å². The fraction of sp³-hybridized carbons (Fsp3) is 0.130. The fourth-order valence-electron chi connectivity index (χ4n) is 2.80. The Morgan fingerprint density at radius 1 is 0.909 bits per heavy atom. The molecule has 172 valence electrons. The molecule has 0 fully saturated rings. The molecule has 3 aromatic rings. The summed E-state index contributed by atoms with van der Waals surface area (Å²) < 4.78 is 44.8. The van der Waals surface area contributed by atoms with Gasteiger partial charge in [-0.2, -0.15) is 13.2 Å². The number of amides is 2. The topological polar surface area (TPSA) is 67.4 Å². The van der Waals surface area contributed by atoms with Gasteiger partial charge in [-0.25, -0.2) is 0 Å². The molecule has 0 saturated heterocycles. The van der Waals surface area contributed by atoms with Crippen LogP contribution in [0.5, 0.6) is 5.75 Å². The van der Waals surface area contributed by atoms with Gasteiger partial charge in [0.2, 0.25) is 0 Å². The van der Waals surface area contributed by atoms with Gasteiger partial charge in [0.25, 0.3) is 11.8 Å². The van der Waals surface area contributed by atoms with Crippen LogP contribution in [0.2, 0.25) is 10.0 Å². The molecule has 0 aliphatic rings. The summed E-state index contributed by atoms with van der Waals surface area (Å²) in [5.41, 5.74) is -0.689. The second-order valence-corrected chi connectivity index (χ2v) is 7.74. The second kappa shape index (κ2) is 10.1. The lowest BCUT2D eigenvalue weighted by atomic mass is 10.1. The van der Waals surface area contributed by atoms with Gasteiger partial charge in [-0.3, -0.25) is 9.59 Å². The van der Waals surface area contributed by atoms with Crippen molar-refractivity contribution < 1.29 is 27.5 Å². The van der Waals surface area contributed by atoms with E-state index in [0.717, 1.165) is 12.1 Å². The van der Waals surface area contributed by atoms with Crippen molar-refractivity contribution in [1.29, 1.82) is 0 Å². The van der Waals surface area contributed by atoms with Crippen molar-refractivity contribution in [1.82, 2.24) is 0 Å². The van der Waals surface area contributed by atoms with Crippen LogP contribution >= 0.6 is 23.2 Å². The molecule has 2 amide bonds. The third-order valence-corrected chi connectivity index (χ3v) is 5.03. The number of hydrogen-bond acceptors (Lipinski definition) is 3. The van der Waals surface area contributed by atoms with Gasteiger partial charge in [0.05, 0.1) is 22.0 Å². The van der Waals surface area contributed by atoms with Crippen molar-refractivity contribution in [3.63, 3.8) is 0 Å². The Labute approximate surface area is 197 Å². The van der Waals surface area contributed by atoms with Crippen LogP contribution in [-0.4, -0.2) is 17.9 Å². The summed E-state index contributed by atoms with van der Waals surface area (Å²) in [7, 11) is 0. The van der Waals surface area contributed by atoms with E-state index in [1.165, 1.54) is 49.4 Å². The van der Waals surface area contributed by atoms with Gasteiger partial charge >= 0.3 is 6.18 Å². The Morgan fingerprint density at radius 2 is 1.58 bits per heavy atom.